The predicted octanol–water partition coefficient (Wildman–Crippen LogP) is 2.47. The Bertz CT molecular complexity index is 496. The minimum absolute atomic E-state index is 0.909. The molecule has 1 aliphatic rings. The molecule has 0 saturated carbocycles. The normalized spacial score (nSPS) is 15.3. The van der Waals surface area contributed by atoms with Crippen molar-refractivity contribution < 1.29 is 0 Å². The van der Waals surface area contributed by atoms with Crippen molar-refractivity contribution in [2.45, 2.75) is 13.0 Å². The second-order valence-corrected chi connectivity index (χ2v) is 4.27. The minimum Gasteiger partial charge on any atom is -0.303 e. The molecule has 17 heavy (non-hydrogen) atoms. The minimum atomic E-state index is 0.909. The van der Waals surface area contributed by atoms with Crippen LogP contribution in [0.4, 0.5) is 5.82 Å². The van der Waals surface area contributed by atoms with Gasteiger partial charge in [-0.25, -0.2) is 9.99 Å². The standard InChI is InChI=1S/C14H15N3/c1-2-6-13-11-17(10-8-12(13)5-1)16-14-7-3-4-9-15-14/h1-7,9H,8,10-11H2,(H,15,16). The Balaban J connectivity index is 1.72. The van der Waals surface area contributed by atoms with Crippen molar-refractivity contribution in [1.29, 1.82) is 0 Å². The molecule has 0 fully saturated rings. The zero-order valence-corrected chi connectivity index (χ0v) is 9.63. The monoisotopic (exact) mass is 225 g/mol. The van der Waals surface area contributed by atoms with Crippen LogP contribution in [0.2, 0.25) is 0 Å². The number of hydrazine groups is 1. The van der Waals surface area contributed by atoms with E-state index in [2.05, 4.69) is 39.7 Å². The highest BCUT2D eigenvalue weighted by atomic mass is 15.5. The first-order valence-corrected chi connectivity index (χ1v) is 5.91. The zero-order valence-electron chi connectivity index (χ0n) is 9.63. The number of nitrogens with zero attached hydrogens (tertiary/aromatic N) is 2. The lowest BCUT2D eigenvalue weighted by molar-refractivity contribution is 0.306. The molecule has 1 aromatic carbocycles. The molecule has 0 saturated heterocycles. The van der Waals surface area contributed by atoms with E-state index in [1.807, 2.05) is 18.2 Å². The van der Waals surface area contributed by atoms with Gasteiger partial charge in [-0.1, -0.05) is 30.3 Å². The van der Waals surface area contributed by atoms with E-state index in [-0.39, 0.29) is 0 Å². The van der Waals surface area contributed by atoms with E-state index in [1.165, 1.54) is 11.1 Å². The van der Waals surface area contributed by atoms with Crippen molar-refractivity contribution in [3.05, 3.63) is 59.8 Å². The van der Waals surface area contributed by atoms with E-state index >= 15 is 0 Å². The van der Waals surface area contributed by atoms with Gasteiger partial charge in [0.2, 0.25) is 0 Å². The lowest BCUT2D eigenvalue weighted by Crippen LogP contribution is -2.35. The van der Waals surface area contributed by atoms with Crippen LogP contribution >= 0.6 is 0 Å². The van der Waals surface area contributed by atoms with Crippen LogP contribution in [0.25, 0.3) is 0 Å². The Morgan fingerprint density at radius 3 is 2.65 bits per heavy atom. The molecule has 1 aromatic heterocycles. The molecule has 3 rings (SSSR count). The number of nitrogens with one attached hydrogen (secondary N) is 1. The third-order valence-electron chi connectivity index (χ3n) is 3.07. The molecule has 0 spiro atoms. The number of hydrogen-bond acceptors (Lipinski definition) is 3. The molecule has 0 amide bonds. The lowest BCUT2D eigenvalue weighted by atomic mass is 10.0. The summed E-state index contributed by atoms with van der Waals surface area (Å²) in [5.74, 6) is 0.909. The molecule has 0 unspecified atom stereocenters. The fraction of sp³-hybridized carbons (Fsp3) is 0.214. The summed E-state index contributed by atoms with van der Waals surface area (Å²) in [7, 11) is 0. The van der Waals surface area contributed by atoms with Crippen molar-refractivity contribution in [3.63, 3.8) is 0 Å². The Morgan fingerprint density at radius 1 is 1.00 bits per heavy atom. The molecule has 2 heterocycles. The van der Waals surface area contributed by atoms with Crippen LogP contribution < -0.4 is 5.43 Å². The van der Waals surface area contributed by atoms with Crippen LogP contribution in [0.3, 0.4) is 0 Å². The van der Waals surface area contributed by atoms with E-state index in [1.54, 1.807) is 6.20 Å². The summed E-state index contributed by atoms with van der Waals surface area (Å²) in [6, 6.07) is 14.5. The average Bonchev–Trinajstić information content (AvgIpc) is 2.40. The van der Waals surface area contributed by atoms with Crippen molar-refractivity contribution in [1.82, 2.24) is 9.99 Å². The molecule has 1 aliphatic heterocycles. The fourth-order valence-corrected chi connectivity index (χ4v) is 2.18. The van der Waals surface area contributed by atoms with Crippen molar-refractivity contribution in [2.24, 2.45) is 0 Å². The number of hydrogen-bond donors (Lipinski definition) is 1. The fourth-order valence-electron chi connectivity index (χ4n) is 2.18. The van der Waals surface area contributed by atoms with Crippen LogP contribution in [0.1, 0.15) is 11.1 Å². The summed E-state index contributed by atoms with van der Waals surface area (Å²) in [4.78, 5) is 4.28. The number of anilines is 1. The smallest absolute Gasteiger partial charge is 0.140 e. The SMILES string of the molecule is c1ccc(NN2CCc3ccccc3C2)nc1. The van der Waals surface area contributed by atoms with Gasteiger partial charge in [-0.3, -0.25) is 0 Å². The molecule has 0 bridgehead atoms. The number of benzene rings is 1. The van der Waals surface area contributed by atoms with Crippen molar-refractivity contribution >= 4 is 5.82 Å². The van der Waals surface area contributed by atoms with Gasteiger partial charge in [-0.2, -0.15) is 0 Å². The Hall–Kier alpha value is -1.87. The molecule has 86 valence electrons. The molecule has 0 aliphatic carbocycles. The maximum absolute atomic E-state index is 4.28. The van der Waals surface area contributed by atoms with E-state index in [9.17, 15) is 0 Å². The van der Waals surface area contributed by atoms with Gasteiger partial charge in [0, 0.05) is 19.3 Å². The van der Waals surface area contributed by atoms with Gasteiger partial charge in [0.15, 0.2) is 0 Å². The van der Waals surface area contributed by atoms with Crippen LogP contribution in [-0.2, 0) is 13.0 Å². The van der Waals surface area contributed by atoms with E-state index < -0.39 is 0 Å². The van der Waals surface area contributed by atoms with E-state index in [0.29, 0.717) is 0 Å². The maximum atomic E-state index is 4.28. The summed E-state index contributed by atoms with van der Waals surface area (Å²) < 4.78 is 0. The number of fused-ring (bicyclic) bond motifs is 1. The average molecular weight is 225 g/mol. The Labute approximate surface area is 101 Å². The van der Waals surface area contributed by atoms with Gasteiger partial charge in [-0.05, 0) is 29.7 Å². The molecule has 0 radical (unpaired) electrons. The quantitative estimate of drug-likeness (QED) is 0.851. The second-order valence-electron chi connectivity index (χ2n) is 4.27. The molecule has 1 N–H and O–H groups in total. The van der Waals surface area contributed by atoms with Gasteiger partial charge in [-0.15, -0.1) is 0 Å². The summed E-state index contributed by atoms with van der Waals surface area (Å²) in [6.45, 7) is 1.96. The van der Waals surface area contributed by atoms with Crippen molar-refractivity contribution in [2.75, 3.05) is 12.0 Å². The predicted molar refractivity (Wildman–Crippen MR) is 68.4 cm³/mol. The third kappa shape index (κ3) is 2.29. The summed E-state index contributed by atoms with van der Waals surface area (Å²) in [5, 5.41) is 2.21. The third-order valence-corrected chi connectivity index (χ3v) is 3.07. The van der Waals surface area contributed by atoms with Gasteiger partial charge < -0.3 is 5.43 Å². The molecular weight excluding hydrogens is 210 g/mol. The Kier molecular flexibility index (Phi) is 2.76. The first kappa shape index (κ1) is 10.3. The maximum Gasteiger partial charge on any atom is 0.140 e. The van der Waals surface area contributed by atoms with E-state index in [4.69, 9.17) is 0 Å². The Morgan fingerprint density at radius 2 is 1.82 bits per heavy atom. The van der Waals surface area contributed by atoms with Crippen LogP contribution in [0.15, 0.2) is 48.7 Å². The van der Waals surface area contributed by atoms with Crippen LogP contribution in [0.5, 0.6) is 0 Å². The summed E-state index contributed by atoms with van der Waals surface area (Å²) >= 11 is 0. The molecule has 3 nitrogen and oxygen atoms in total. The summed E-state index contributed by atoms with van der Waals surface area (Å²) in [5.41, 5.74) is 6.21. The van der Waals surface area contributed by atoms with Gasteiger partial charge >= 0.3 is 0 Å². The second kappa shape index (κ2) is 4.55. The topological polar surface area (TPSA) is 28.2 Å². The molecule has 2 aromatic rings. The number of aromatic nitrogens is 1. The zero-order chi connectivity index (χ0) is 11.5. The van der Waals surface area contributed by atoms with Gasteiger partial charge in [0.25, 0.3) is 0 Å². The molecule has 0 atom stereocenters. The summed E-state index contributed by atoms with van der Waals surface area (Å²) in [6.07, 6.45) is 2.90. The highest BCUT2D eigenvalue weighted by Crippen LogP contribution is 2.18. The largest absolute Gasteiger partial charge is 0.303 e. The highest BCUT2D eigenvalue weighted by molar-refractivity contribution is 5.34. The first-order valence-electron chi connectivity index (χ1n) is 5.91. The first-order chi connectivity index (χ1) is 8.42. The van der Waals surface area contributed by atoms with E-state index in [0.717, 1.165) is 25.3 Å². The molecule has 3 heteroatoms. The molecular formula is C14H15N3. The lowest BCUT2D eigenvalue weighted by Gasteiger charge is -2.29. The van der Waals surface area contributed by atoms with Crippen LogP contribution in [-0.4, -0.2) is 16.5 Å². The number of rotatable bonds is 2. The van der Waals surface area contributed by atoms with Crippen LogP contribution in [0, 0.1) is 0 Å². The number of pyridine rings is 1. The van der Waals surface area contributed by atoms with Gasteiger partial charge in [0.05, 0.1) is 0 Å². The highest BCUT2D eigenvalue weighted by Gasteiger charge is 2.15. The van der Waals surface area contributed by atoms with Gasteiger partial charge in [0.1, 0.15) is 5.82 Å². The van der Waals surface area contributed by atoms with Crippen molar-refractivity contribution in [3.8, 4) is 0 Å².